The van der Waals surface area contributed by atoms with E-state index in [2.05, 4.69) is 4.98 Å². The average molecular weight is 397 g/mol. The summed E-state index contributed by atoms with van der Waals surface area (Å²) in [5.74, 6) is -0.917. The van der Waals surface area contributed by atoms with Gasteiger partial charge in [0.05, 0.1) is 12.1 Å². The number of hydrogen-bond donors (Lipinski definition) is 1. The Morgan fingerprint density at radius 3 is 2.61 bits per heavy atom. The molecule has 0 radical (unpaired) electrons. The highest BCUT2D eigenvalue weighted by molar-refractivity contribution is 7.13. The zero-order chi connectivity index (χ0) is 19.9. The molecule has 0 saturated heterocycles. The van der Waals surface area contributed by atoms with E-state index >= 15 is 0 Å². The van der Waals surface area contributed by atoms with Crippen LogP contribution < -0.4 is 5.73 Å². The van der Waals surface area contributed by atoms with E-state index in [1.165, 1.54) is 23.5 Å². The van der Waals surface area contributed by atoms with Crippen LogP contribution in [0.15, 0.2) is 60.0 Å². The quantitative estimate of drug-likeness (QED) is 0.633. The highest BCUT2D eigenvalue weighted by Crippen LogP contribution is 2.24. The van der Waals surface area contributed by atoms with Crippen molar-refractivity contribution < 1.29 is 14.0 Å². The fraction of sp³-hybridized carbons (Fsp3) is 0.190. The highest BCUT2D eigenvalue weighted by atomic mass is 32.1. The first-order chi connectivity index (χ1) is 13.5. The van der Waals surface area contributed by atoms with Crippen LogP contribution in [0.25, 0.3) is 10.6 Å². The summed E-state index contributed by atoms with van der Waals surface area (Å²) in [5.41, 5.74) is 7.52. The smallest absolute Gasteiger partial charge is 0.228 e. The van der Waals surface area contributed by atoms with Crippen molar-refractivity contribution in [2.75, 3.05) is 6.54 Å². The number of nitrogens with two attached hydrogens (primary N) is 1. The maximum absolute atomic E-state index is 13.4. The van der Waals surface area contributed by atoms with Crippen LogP contribution in [0.5, 0.6) is 0 Å². The Morgan fingerprint density at radius 2 is 1.89 bits per heavy atom. The van der Waals surface area contributed by atoms with Gasteiger partial charge in [0, 0.05) is 30.5 Å². The molecule has 3 rings (SSSR count). The Balaban J connectivity index is 1.71. The molecule has 1 aromatic heterocycles. The van der Waals surface area contributed by atoms with E-state index in [4.69, 9.17) is 5.73 Å². The van der Waals surface area contributed by atoms with Crippen LogP contribution in [-0.2, 0) is 22.6 Å². The summed E-state index contributed by atoms with van der Waals surface area (Å²) >= 11 is 1.36. The number of amides is 2. The molecular weight excluding hydrogens is 377 g/mol. The van der Waals surface area contributed by atoms with Crippen molar-refractivity contribution in [2.45, 2.75) is 19.4 Å². The molecule has 2 N–H and O–H groups in total. The zero-order valence-corrected chi connectivity index (χ0v) is 16.0. The maximum atomic E-state index is 13.4. The van der Waals surface area contributed by atoms with Gasteiger partial charge >= 0.3 is 0 Å². The van der Waals surface area contributed by atoms with E-state index < -0.39 is 5.91 Å². The Kier molecular flexibility index (Phi) is 6.49. The van der Waals surface area contributed by atoms with Gasteiger partial charge < -0.3 is 10.6 Å². The van der Waals surface area contributed by atoms with Crippen molar-refractivity contribution in [2.24, 2.45) is 5.73 Å². The van der Waals surface area contributed by atoms with Crippen molar-refractivity contribution in [3.05, 3.63) is 77.1 Å². The maximum Gasteiger partial charge on any atom is 0.228 e. The van der Waals surface area contributed by atoms with Gasteiger partial charge in [-0.2, -0.15) is 0 Å². The van der Waals surface area contributed by atoms with Gasteiger partial charge in [0.15, 0.2) is 0 Å². The molecule has 0 aliphatic carbocycles. The predicted octanol–water partition coefficient (Wildman–Crippen LogP) is 3.40. The average Bonchev–Trinajstić information content (AvgIpc) is 3.14. The van der Waals surface area contributed by atoms with Crippen molar-refractivity contribution in [1.29, 1.82) is 0 Å². The lowest BCUT2D eigenvalue weighted by Crippen LogP contribution is -2.34. The number of aromatic nitrogens is 1. The van der Waals surface area contributed by atoms with Gasteiger partial charge in [0.25, 0.3) is 0 Å². The molecule has 0 unspecified atom stereocenters. The summed E-state index contributed by atoms with van der Waals surface area (Å²) < 4.78 is 13.4. The fourth-order valence-electron chi connectivity index (χ4n) is 2.75. The van der Waals surface area contributed by atoms with Crippen molar-refractivity contribution in [3.63, 3.8) is 0 Å². The van der Waals surface area contributed by atoms with Crippen LogP contribution in [0.1, 0.15) is 17.7 Å². The second kappa shape index (κ2) is 9.23. The third kappa shape index (κ3) is 5.47. The topological polar surface area (TPSA) is 76.3 Å². The molecule has 144 valence electrons. The minimum atomic E-state index is -0.451. The normalized spacial score (nSPS) is 10.6. The van der Waals surface area contributed by atoms with E-state index in [0.29, 0.717) is 22.8 Å². The molecule has 0 aliphatic heterocycles. The summed E-state index contributed by atoms with van der Waals surface area (Å²) in [7, 11) is 0. The van der Waals surface area contributed by atoms with Gasteiger partial charge in [-0.3, -0.25) is 9.59 Å². The van der Waals surface area contributed by atoms with Gasteiger partial charge in [-0.1, -0.05) is 42.5 Å². The summed E-state index contributed by atoms with van der Waals surface area (Å²) in [6.07, 6.45) is 0.210. The van der Waals surface area contributed by atoms with E-state index in [1.807, 2.05) is 30.3 Å². The number of hydrogen-bond acceptors (Lipinski definition) is 4. The van der Waals surface area contributed by atoms with Gasteiger partial charge in [0.1, 0.15) is 10.8 Å². The molecular formula is C21H20FN3O2S. The molecule has 1 heterocycles. The molecule has 28 heavy (non-hydrogen) atoms. The Hall–Kier alpha value is -3.06. The summed E-state index contributed by atoms with van der Waals surface area (Å²) in [6, 6.07) is 15.8. The van der Waals surface area contributed by atoms with E-state index in [-0.39, 0.29) is 31.1 Å². The van der Waals surface area contributed by atoms with Crippen molar-refractivity contribution in [3.8, 4) is 10.6 Å². The SMILES string of the molecule is NC(=O)CCN(Cc1ccccc1)C(=O)Cc1csc(-c2cccc(F)c2)n1. The molecule has 0 bridgehead atoms. The number of thiazole rings is 1. The standard InChI is InChI=1S/C21H20FN3O2S/c22-17-8-4-7-16(11-17)21-24-18(14-28-21)12-20(27)25(10-9-19(23)26)13-15-5-2-1-3-6-15/h1-8,11,14H,9-10,12-13H2,(H2,23,26). The Morgan fingerprint density at radius 1 is 1.11 bits per heavy atom. The molecule has 2 amide bonds. The van der Waals surface area contributed by atoms with Crippen LogP contribution in [0.2, 0.25) is 0 Å². The minimum Gasteiger partial charge on any atom is -0.370 e. The first-order valence-electron chi connectivity index (χ1n) is 8.81. The first kappa shape index (κ1) is 19.7. The minimum absolute atomic E-state index is 0.101. The summed E-state index contributed by atoms with van der Waals surface area (Å²) in [6.45, 7) is 0.651. The van der Waals surface area contributed by atoms with Crippen molar-refractivity contribution >= 4 is 23.2 Å². The third-order valence-electron chi connectivity index (χ3n) is 4.15. The predicted molar refractivity (Wildman–Crippen MR) is 107 cm³/mol. The number of rotatable bonds is 8. The number of carbonyl (C=O) groups is 2. The van der Waals surface area contributed by atoms with Gasteiger partial charge in [-0.15, -0.1) is 11.3 Å². The summed E-state index contributed by atoms with van der Waals surface area (Å²) in [4.78, 5) is 30.0. The molecule has 0 fully saturated rings. The number of nitrogens with zero attached hydrogens (tertiary/aromatic N) is 2. The molecule has 0 aliphatic rings. The molecule has 5 nitrogen and oxygen atoms in total. The van der Waals surface area contributed by atoms with Crippen molar-refractivity contribution in [1.82, 2.24) is 9.88 Å². The monoisotopic (exact) mass is 397 g/mol. The molecule has 0 spiro atoms. The van der Waals surface area contributed by atoms with E-state index in [9.17, 15) is 14.0 Å². The van der Waals surface area contributed by atoms with E-state index in [1.54, 1.807) is 22.4 Å². The lowest BCUT2D eigenvalue weighted by molar-refractivity contribution is -0.131. The lowest BCUT2D eigenvalue weighted by atomic mass is 10.2. The number of benzene rings is 2. The lowest BCUT2D eigenvalue weighted by Gasteiger charge is -2.22. The van der Waals surface area contributed by atoms with Gasteiger partial charge in [0.2, 0.25) is 11.8 Å². The molecule has 7 heteroatoms. The van der Waals surface area contributed by atoms with Gasteiger partial charge in [-0.25, -0.2) is 9.37 Å². The second-order valence-corrected chi connectivity index (χ2v) is 7.21. The number of carbonyl (C=O) groups excluding carboxylic acids is 2. The second-order valence-electron chi connectivity index (χ2n) is 6.35. The van der Waals surface area contributed by atoms with Crippen LogP contribution >= 0.6 is 11.3 Å². The fourth-order valence-corrected chi connectivity index (χ4v) is 3.57. The van der Waals surface area contributed by atoms with Crippen LogP contribution in [0.3, 0.4) is 0 Å². The molecule has 0 atom stereocenters. The van der Waals surface area contributed by atoms with Crippen LogP contribution in [0, 0.1) is 5.82 Å². The van der Waals surface area contributed by atoms with Gasteiger partial charge in [-0.05, 0) is 17.7 Å². The van der Waals surface area contributed by atoms with Crippen LogP contribution in [0.4, 0.5) is 4.39 Å². The molecule has 0 saturated carbocycles. The van der Waals surface area contributed by atoms with E-state index in [0.717, 1.165) is 5.56 Å². The molecule has 2 aromatic carbocycles. The Bertz CT molecular complexity index is 959. The third-order valence-corrected chi connectivity index (χ3v) is 5.09. The molecule has 3 aromatic rings. The summed E-state index contributed by atoms with van der Waals surface area (Å²) in [5, 5.41) is 2.46. The zero-order valence-electron chi connectivity index (χ0n) is 15.2. The highest BCUT2D eigenvalue weighted by Gasteiger charge is 2.17. The Labute approximate surface area is 166 Å². The first-order valence-corrected chi connectivity index (χ1v) is 9.69. The largest absolute Gasteiger partial charge is 0.370 e. The van der Waals surface area contributed by atoms with Crippen LogP contribution in [-0.4, -0.2) is 28.2 Å². The number of halogens is 1. The number of primary amides is 1.